The smallest absolute Gasteiger partial charge is 0.248 e. The van der Waals surface area contributed by atoms with Crippen LogP contribution in [0.5, 0.6) is 0 Å². The molecule has 1 amide bonds. The molecule has 2 aromatic carbocycles. The van der Waals surface area contributed by atoms with Crippen LogP contribution < -0.4 is 5.32 Å². The molecular formula is C18H18FNO. The highest BCUT2D eigenvalue weighted by atomic mass is 19.1. The third-order valence-electron chi connectivity index (χ3n) is 3.12. The van der Waals surface area contributed by atoms with Crippen LogP contribution in [0, 0.1) is 5.82 Å². The Morgan fingerprint density at radius 2 is 1.86 bits per heavy atom. The Kier molecular flexibility index (Phi) is 4.88. The summed E-state index contributed by atoms with van der Waals surface area (Å²) < 4.78 is 13.0. The molecule has 0 aliphatic carbocycles. The Morgan fingerprint density at radius 3 is 2.48 bits per heavy atom. The molecular weight excluding hydrogens is 265 g/mol. The third kappa shape index (κ3) is 4.56. The molecule has 108 valence electrons. The van der Waals surface area contributed by atoms with E-state index >= 15 is 0 Å². The molecule has 2 rings (SSSR count). The Labute approximate surface area is 124 Å². The van der Waals surface area contributed by atoms with E-state index in [1.54, 1.807) is 18.2 Å². The molecule has 2 nitrogen and oxygen atoms in total. The van der Waals surface area contributed by atoms with Gasteiger partial charge in [0.2, 0.25) is 5.91 Å². The molecule has 1 N–H and O–H groups in total. The fourth-order valence-electron chi connectivity index (χ4n) is 1.91. The Bertz CT molecular complexity index is 645. The van der Waals surface area contributed by atoms with Gasteiger partial charge in [-0.1, -0.05) is 44.2 Å². The number of carbonyl (C=O) groups excluding carboxylic acids is 1. The van der Waals surface area contributed by atoms with Crippen molar-refractivity contribution in [3.63, 3.8) is 0 Å². The molecule has 0 aromatic heterocycles. The zero-order valence-electron chi connectivity index (χ0n) is 12.1. The molecule has 21 heavy (non-hydrogen) atoms. The lowest BCUT2D eigenvalue weighted by Gasteiger charge is -2.05. The van der Waals surface area contributed by atoms with Crippen molar-refractivity contribution in [1.29, 1.82) is 0 Å². The van der Waals surface area contributed by atoms with Crippen molar-refractivity contribution in [2.45, 2.75) is 19.8 Å². The minimum Gasteiger partial charge on any atom is -0.322 e. The summed E-state index contributed by atoms with van der Waals surface area (Å²) in [4.78, 5) is 11.8. The number of nitrogens with one attached hydrogen (secondary N) is 1. The Hall–Kier alpha value is -2.42. The summed E-state index contributed by atoms with van der Waals surface area (Å²) in [6, 6.07) is 13.9. The van der Waals surface area contributed by atoms with Crippen LogP contribution in [0.25, 0.3) is 6.08 Å². The van der Waals surface area contributed by atoms with Crippen LogP contribution in [-0.2, 0) is 4.79 Å². The summed E-state index contributed by atoms with van der Waals surface area (Å²) >= 11 is 0. The van der Waals surface area contributed by atoms with E-state index in [2.05, 4.69) is 31.3 Å². The second kappa shape index (κ2) is 6.84. The molecule has 0 saturated heterocycles. The van der Waals surface area contributed by atoms with Gasteiger partial charge in [-0.05, 0) is 41.3 Å². The highest BCUT2D eigenvalue weighted by Crippen LogP contribution is 2.15. The Morgan fingerprint density at radius 1 is 1.14 bits per heavy atom. The van der Waals surface area contributed by atoms with Crippen LogP contribution >= 0.6 is 0 Å². The number of rotatable bonds is 4. The van der Waals surface area contributed by atoms with Gasteiger partial charge in [0.25, 0.3) is 0 Å². The van der Waals surface area contributed by atoms with E-state index in [1.807, 2.05) is 12.1 Å². The number of anilines is 1. The quantitative estimate of drug-likeness (QED) is 0.816. The van der Waals surface area contributed by atoms with Gasteiger partial charge in [0.05, 0.1) is 0 Å². The maximum absolute atomic E-state index is 13.0. The fourth-order valence-corrected chi connectivity index (χ4v) is 1.91. The summed E-state index contributed by atoms with van der Waals surface area (Å²) in [5.41, 5.74) is 2.66. The van der Waals surface area contributed by atoms with Crippen LogP contribution in [0.1, 0.15) is 30.9 Å². The van der Waals surface area contributed by atoms with Crippen molar-refractivity contribution in [2.75, 3.05) is 5.32 Å². The molecule has 0 spiro atoms. The molecule has 0 saturated carbocycles. The van der Waals surface area contributed by atoms with E-state index in [4.69, 9.17) is 0 Å². The SMILES string of the molecule is CC(C)c1ccc(C=CC(=O)Nc2cccc(F)c2)cc1. The van der Waals surface area contributed by atoms with Gasteiger partial charge in [0.15, 0.2) is 0 Å². The van der Waals surface area contributed by atoms with E-state index in [1.165, 1.54) is 23.8 Å². The maximum atomic E-state index is 13.0. The second-order valence-electron chi connectivity index (χ2n) is 5.15. The molecule has 2 aromatic rings. The summed E-state index contributed by atoms with van der Waals surface area (Å²) in [5, 5.41) is 2.62. The monoisotopic (exact) mass is 283 g/mol. The van der Waals surface area contributed by atoms with Crippen molar-refractivity contribution in [1.82, 2.24) is 0 Å². The van der Waals surface area contributed by atoms with Crippen LogP contribution in [-0.4, -0.2) is 5.91 Å². The van der Waals surface area contributed by atoms with Crippen molar-refractivity contribution in [3.05, 3.63) is 71.6 Å². The van der Waals surface area contributed by atoms with Crippen molar-refractivity contribution in [3.8, 4) is 0 Å². The first-order valence-electron chi connectivity index (χ1n) is 6.89. The summed E-state index contributed by atoms with van der Waals surface area (Å²) in [6.07, 6.45) is 3.17. The van der Waals surface area contributed by atoms with Gasteiger partial charge in [-0.2, -0.15) is 0 Å². The zero-order valence-corrected chi connectivity index (χ0v) is 12.1. The maximum Gasteiger partial charge on any atom is 0.248 e. The molecule has 0 radical (unpaired) electrons. The molecule has 0 aliphatic heterocycles. The second-order valence-corrected chi connectivity index (χ2v) is 5.15. The number of hydrogen-bond acceptors (Lipinski definition) is 1. The number of carbonyl (C=O) groups is 1. The van der Waals surface area contributed by atoms with Crippen LogP contribution in [0.4, 0.5) is 10.1 Å². The first-order valence-corrected chi connectivity index (χ1v) is 6.89. The highest BCUT2D eigenvalue weighted by Gasteiger charge is 2.00. The van der Waals surface area contributed by atoms with Gasteiger partial charge in [-0.15, -0.1) is 0 Å². The molecule has 3 heteroatoms. The summed E-state index contributed by atoms with van der Waals surface area (Å²) in [6.45, 7) is 4.27. The van der Waals surface area contributed by atoms with E-state index in [0.29, 0.717) is 11.6 Å². The van der Waals surface area contributed by atoms with Crippen LogP contribution in [0.2, 0.25) is 0 Å². The molecule has 0 atom stereocenters. The number of benzene rings is 2. The van der Waals surface area contributed by atoms with Gasteiger partial charge < -0.3 is 5.32 Å². The van der Waals surface area contributed by atoms with Crippen molar-refractivity contribution >= 4 is 17.7 Å². The normalized spacial score (nSPS) is 11.0. The molecule has 0 unspecified atom stereocenters. The lowest BCUT2D eigenvalue weighted by Crippen LogP contribution is -2.07. The van der Waals surface area contributed by atoms with Crippen LogP contribution in [0.3, 0.4) is 0 Å². The number of halogens is 1. The predicted molar refractivity (Wildman–Crippen MR) is 84.6 cm³/mol. The lowest BCUT2D eigenvalue weighted by molar-refractivity contribution is -0.111. The zero-order chi connectivity index (χ0) is 15.2. The van der Waals surface area contributed by atoms with Crippen LogP contribution in [0.15, 0.2) is 54.6 Å². The first kappa shape index (κ1) is 15.0. The average molecular weight is 283 g/mol. The average Bonchev–Trinajstić information content (AvgIpc) is 2.45. The fraction of sp³-hybridized carbons (Fsp3) is 0.167. The van der Waals surface area contributed by atoms with Gasteiger partial charge in [0, 0.05) is 11.8 Å². The molecule has 0 heterocycles. The number of amides is 1. The highest BCUT2D eigenvalue weighted by molar-refractivity contribution is 6.01. The third-order valence-corrected chi connectivity index (χ3v) is 3.12. The van der Waals surface area contributed by atoms with E-state index in [0.717, 1.165) is 5.56 Å². The molecule has 0 aliphatic rings. The predicted octanol–water partition coefficient (Wildman–Crippen LogP) is 4.60. The minimum absolute atomic E-state index is 0.284. The van der Waals surface area contributed by atoms with Gasteiger partial charge in [0.1, 0.15) is 5.82 Å². The first-order chi connectivity index (χ1) is 10.0. The van der Waals surface area contributed by atoms with Gasteiger partial charge in [-0.3, -0.25) is 4.79 Å². The van der Waals surface area contributed by atoms with Crippen molar-refractivity contribution in [2.24, 2.45) is 0 Å². The standard InChI is InChI=1S/C18H18FNO/c1-13(2)15-9-6-14(7-10-15)8-11-18(21)20-17-5-3-4-16(19)12-17/h3-13H,1-2H3,(H,20,21). The van der Waals surface area contributed by atoms with Gasteiger partial charge >= 0.3 is 0 Å². The van der Waals surface area contributed by atoms with Crippen molar-refractivity contribution < 1.29 is 9.18 Å². The van der Waals surface area contributed by atoms with E-state index < -0.39 is 0 Å². The molecule has 0 fully saturated rings. The van der Waals surface area contributed by atoms with E-state index in [-0.39, 0.29) is 11.7 Å². The van der Waals surface area contributed by atoms with E-state index in [9.17, 15) is 9.18 Å². The largest absolute Gasteiger partial charge is 0.322 e. The van der Waals surface area contributed by atoms with Gasteiger partial charge in [-0.25, -0.2) is 4.39 Å². The lowest BCUT2D eigenvalue weighted by atomic mass is 10.0. The topological polar surface area (TPSA) is 29.1 Å². The minimum atomic E-state index is -0.374. The summed E-state index contributed by atoms with van der Waals surface area (Å²) in [5.74, 6) is -0.172. The number of hydrogen-bond donors (Lipinski definition) is 1. The summed E-state index contributed by atoms with van der Waals surface area (Å²) in [7, 11) is 0. The molecule has 0 bridgehead atoms. The Balaban J connectivity index is 1.98.